The molecule has 1 saturated carbocycles. The van der Waals surface area contributed by atoms with Crippen molar-refractivity contribution < 1.29 is 0 Å². The number of nitrogens with one attached hydrogen (secondary N) is 1. The van der Waals surface area contributed by atoms with Gasteiger partial charge in [0.2, 0.25) is 0 Å². The molecular formula is C11H23N3. The van der Waals surface area contributed by atoms with E-state index in [0.29, 0.717) is 0 Å². The van der Waals surface area contributed by atoms with Gasteiger partial charge in [0.1, 0.15) is 0 Å². The van der Waals surface area contributed by atoms with Gasteiger partial charge in [0, 0.05) is 32.2 Å². The third-order valence-corrected chi connectivity index (χ3v) is 3.71. The number of hydrogen-bond donors (Lipinski definition) is 1. The standard InChI is InChI=1S/C11H23N3/c1-10-4-3-5-11(10)12-14-8-6-13(2)7-9-14/h10-12H,3-9H2,1-2H3. The highest BCUT2D eigenvalue weighted by molar-refractivity contribution is 4.80. The number of nitrogens with zero attached hydrogens (tertiary/aromatic N) is 2. The van der Waals surface area contributed by atoms with Crippen molar-refractivity contribution in [2.45, 2.75) is 32.2 Å². The number of hydrogen-bond acceptors (Lipinski definition) is 3. The second-order valence-electron chi connectivity index (χ2n) is 4.93. The summed E-state index contributed by atoms with van der Waals surface area (Å²) in [7, 11) is 2.20. The molecule has 0 aromatic heterocycles. The highest BCUT2D eigenvalue weighted by Gasteiger charge is 2.25. The van der Waals surface area contributed by atoms with Gasteiger partial charge < -0.3 is 4.90 Å². The number of likely N-dealkylation sites (N-methyl/N-ethyl adjacent to an activating group) is 1. The Morgan fingerprint density at radius 3 is 2.36 bits per heavy atom. The van der Waals surface area contributed by atoms with Gasteiger partial charge in [-0.1, -0.05) is 13.3 Å². The molecule has 2 fully saturated rings. The van der Waals surface area contributed by atoms with E-state index in [9.17, 15) is 0 Å². The Bertz CT molecular complexity index is 175. The van der Waals surface area contributed by atoms with Gasteiger partial charge in [-0.05, 0) is 25.8 Å². The molecule has 1 N–H and O–H groups in total. The van der Waals surface area contributed by atoms with Crippen LogP contribution in [0.25, 0.3) is 0 Å². The Kier molecular flexibility index (Phi) is 3.42. The first-order valence-corrected chi connectivity index (χ1v) is 5.95. The summed E-state index contributed by atoms with van der Waals surface area (Å²) in [5.74, 6) is 0.870. The predicted molar refractivity (Wildman–Crippen MR) is 59.0 cm³/mol. The molecule has 0 amide bonds. The summed E-state index contributed by atoms with van der Waals surface area (Å²) in [5.41, 5.74) is 3.69. The summed E-state index contributed by atoms with van der Waals surface area (Å²) in [6.45, 7) is 7.14. The van der Waals surface area contributed by atoms with Crippen molar-refractivity contribution in [3.8, 4) is 0 Å². The van der Waals surface area contributed by atoms with Gasteiger partial charge in [-0.15, -0.1) is 0 Å². The molecule has 0 aromatic carbocycles. The molecule has 2 aliphatic rings. The van der Waals surface area contributed by atoms with Crippen molar-refractivity contribution in [1.29, 1.82) is 0 Å². The number of rotatable bonds is 2. The van der Waals surface area contributed by atoms with Crippen LogP contribution in [0.2, 0.25) is 0 Å². The lowest BCUT2D eigenvalue weighted by Crippen LogP contribution is -2.54. The molecule has 2 unspecified atom stereocenters. The zero-order valence-corrected chi connectivity index (χ0v) is 9.50. The molecule has 2 atom stereocenters. The van der Waals surface area contributed by atoms with Crippen LogP contribution in [0, 0.1) is 5.92 Å². The highest BCUT2D eigenvalue weighted by atomic mass is 15.5. The van der Waals surface area contributed by atoms with E-state index in [1.54, 1.807) is 0 Å². The van der Waals surface area contributed by atoms with Crippen molar-refractivity contribution in [3.63, 3.8) is 0 Å². The van der Waals surface area contributed by atoms with Crippen LogP contribution in [0.15, 0.2) is 0 Å². The fraction of sp³-hybridized carbons (Fsp3) is 1.00. The lowest BCUT2D eigenvalue weighted by atomic mass is 10.1. The smallest absolute Gasteiger partial charge is 0.0259 e. The van der Waals surface area contributed by atoms with Gasteiger partial charge in [0.05, 0.1) is 0 Å². The molecular weight excluding hydrogens is 174 g/mol. The summed E-state index contributed by atoms with van der Waals surface area (Å²) in [5, 5.41) is 2.42. The van der Waals surface area contributed by atoms with Crippen LogP contribution in [0.4, 0.5) is 0 Å². The van der Waals surface area contributed by atoms with Gasteiger partial charge in [0.25, 0.3) is 0 Å². The van der Waals surface area contributed by atoms with E-state index in [1.165, 1.54) is 45.4 Å². The van der Waals surface area contributed by atoms with Crippen LogP contribution in [0.5, 0.6) is 0 Å². The summed E-state index contributed by atoms with van der Waals surface area (Å²) < 4.78 is 0. The maximum Gasteiger partial charge on any atom is 0.0259 e. The molecule has 0 bridgehead atoms. The largest absolute Gasteiger partial charge is 0.304 e. The molecule has 1 aliphatic heterocycles. The summed E-state index contributed by atoms with van der Waals surface area (Å²) in [6.07, 6.45) is 4.19. The maximum absolute atomic E-state index is 3.69. The molecule has 1 saturated heterocycles. The van der Waals surface area contributed by atoms with Crippen LogP contribution >= 0.6 is 0 Å². The van der Waals surface area contributed by atoms with Crippen molar-refractivity contribution in [3.05, 3.63) is 0 Å². The van der Waals surface area contributed by atoms with Gasteiger partial charge in [-0.25, -0.2) is 5.01 Å². The molecule has 0 aromatic rings. The lowest BCUT2D eigenvalue weighted by Gasteiger charge is -2.35. The lowest BCUT2D eigenvalue weighted by molar-refractivity contribution is 0.0801. The zero-order chi connectivity index (χ0) is 9.97. The van der Waals surface area contributed by atoms with E-state index in [0.717, 1.165) is 12.0 Å². The fourth-order valence-corrected chi connectivity index (χ4v) is 2.51. The van der Waals surface area contributed by atoms with Crippen LogP contribution in [0.1, 0.15) is 26.2 Å². The maximum atomic E-state index is 3.69. The van der Waals surface area contributed by atoms with Crippen LogP contribution in [0.3, 0.4) is 0 Å². The van der Waals surface area contributed by atoms with Crippen LogP contribution in [-0.2, 0) is 0 Å². The predicted octanol–water partition coefficient (Wildman–Crippen LogP) is 0.927. The van der Waals surface area contributed by atoms with Crippen molar-refractivity contribution >= 4 is 0 Å². The SMILES string of the molecule is CC1CCCC1NN1CCN(C)CC1. The fourth-order valence-electron chi connectivity index (χ4n) is 2.51. The molecule has 14 heavy (non-hydrogen) atoms. The average Bonchev–Trinajstić information content (AvgIpc) is 2.56. The minimum absolute atomic E-state index is 0.749. The van der Waals surface area contributed by atoms with Crippen molar-refractivity contribution in [2.75, 3.05) is 33.2 Å². The minimum Gasteiger partial charge on any atom is -0.304 e. The molecule has 2 rings (SSSR count). The summed E-state index contributed by atoms with van der Waals surface area (Å²) in [6, 6.07) is 0.749. The summed E-state index contributed by atoms with van der Waals surface area (Å²) >= 11 is 0. The number of hydrazine groups is 1. The molecule has 1 heterocycles. The van der Waals surface area contributed by atoms with E-state index in [2.05, 4.69) is 29.3 Å². The number of piperazine rings is 1. The highest BCUT2D eigenvalue weighted by Crippen LogP contribution is 2.25. The minimum atomic E-state index is 0.749. The van der Waals surface area contributed by atoms with E-state index >= 15 is 0 Å². The first-order chi connectivity index (χ1) is 6.75. The van der Waals surface area contributed by atoms with Crippen molar-refractivity contribution in [1.82, 2.24) is 15.3 Å². The van der Waals surface area contributed by atoms with E-state index in [4.69, 9.17) is 0 Å². The monoisotopic (exact) mass is 197 g/mol. The second-order valence-corrected chi connectivity index (χ2v) is 4.93. The summed E-state index contributed by atoms with van der Waals surface area (Å²) in [4.78, 5) is 2.40. The third-order valence-electron chi connectivity index (χ3n) is 3.71. The average molecular weight is 197 g/mol. The zero-order valence-electron chi connectivity index (χ0n) is 9.50. The normalized spacial score (nSPS) is 36.4. The Morgan fingerprint density at radius 2 is 1.79 bits per heavy atom. The second kappa shape index (κ2) is 4.60. The molecule has 3 nitrogen and oxygen atoms in total. The third kappa shape index (κ3) is 2.47. The molecule has 0 spiro atoms. The van der Waals surface area contributed by atoms with E-state index in [-0.39, 0.29) is 0 Å². The van der Waals surface area contributed by atoms with Crippen molar-refractivity contribution in [2.24, 2.45) is 5.92 Å². The molecule has 82 valence electrons. The van der Waals surface area contributed by atoms with Crippen LogP contribution in [-0.4, -0.2) is 49.2 Å². The van der Waals surface area contributed by atoms with Crippen LogP contribution < -0.4 is 5.43 Å². The Balaban J connectivity index is 1.74. The van der Waals surface area contributed by atoms with Gasteiger partial charge in [-0.3, -0.25) is 5.43 Å². The molecule has 1 aliphatic carbocycles. The molecule has 0 radical (unpaired) electrons. The van der Waals surface area contributed by atoms with Gasteiger partial charge in [-0.2, -0.15) is 0 Å². The Labute approximate surface area is 87.4 Å². The Morgan fingerprint density at radius 1 is 1.07 bits per heavy atom. The van der Waals surface area contributed by atoms with E-state index in [1.807, 2.05) is 0 Å². The van der Waals surface area contributed by atoms with Gasteiger partial charge >= 0.3 is 0 Å². The topological polar surface area (TPSA) is 18.5 Å². The van der Waals surface area contributed by atoms with Gasteiger partial charge in [0.15, 0.2) is 0 Å². The Hall–Kier alpha value is -0.120. The quantitative estimate of drug-likeness (QED) is 0.710. The first kappa shape index (κ1) is 10.4. The first-order valence-electron chi connectivity index (χ1n) is 5.95. The molecule has 3 heteroatoms. The van der Waals surface area contributed by atoms with E-state index < -0.39 is 0 Å².